The van der Waals surface area contributed by atoms with Gasteiger partial charge >= 0.3 is 0 Å². The maximum Gasteiger partial charge on any atom is 0.274 e. The molecule has 1 N–H and O–H groups in total. The molecule has 1 aromatic heterocycles. The zero-order valence-electron chi connectivity index (χ0n) is 15.6. The molecule has 1 amide bonds. The summed E-state index contributed by atoms with van der Waals surface area (Å²) in [6, 6.07) is 6.06. The molecule has 0 aliphatic heterocycles. The van der Waals surface area contributed by atoms with Crippen LogP contribution in [0.25, 0.3) is 0 Å². The van der Waals surface area contributed by atoms with Gasteiger partial charge in [0.15, 0.2) is 0 Å². The molecule has 0 atom stereocenters. The highest BCUT2D eigenvalue weighted by atomic mass is 32.2. The van der Waals surface area contributed by atoms with Crippen molar-refractivity contribution in [3.05, 3.63) is 35.7 Å². The lowest BCUT2D eigenvalue weighted by atomic mass is 10.2. The molecule has 0 saturated heterocycles. The van der Waals surface area contributed by atoms with E-state index in [2.05, 4.69) is 10.4 Å². The number of carbonyl (C=O) groups excluding carboxylic acids is 1. The van der Waals surface area contributed by atoms with Crippen LogP contribution in [0, 0.1) is 6.92 Å². The second kappa shape index (κ2) is 7.88. The minimum atomic E-state index is -3.64. The fourth-order valence-corrected chi connectivity index (χ4v) is 4.15. The Hall–Kier alpha value is -2.39. The molecule has 0 bridgehead atoms. The lowest BCUT2D eigenvalue weighted by Crippen LogP contribution is -2.30. The van der Waals surface area contributed by atoms with Gasteiger partial charge in [-0.2, -0.15) is 9.40 Å². The van der Waals surface area contributed by atoms with Gasteiger partial charge in [-0.15, -0.1) is 0 Å². The van der Waals surface area contributed by atoms with Crippen LogP contribution in [0.1, 0.15) is 30.0 Å². The van der Waals surface area contributed by atoms with E-state index >= 15 is 0 Å². The van der Waals surface area contributed by atoms with Crippen molar-refractivity contribution in [1.29, 1.82) is 0 Å². The summed E-state index contributed by atoms with van der Waals surface area (Å²) in [5.74, 6) is -0.0282. The number of anilines is 1. The van der Waals surface area contributed by atoms with E-state index in [1.807, 2.05) is 0 Å². The predicted molar refractivity (Wildman–Crippen MR) is 99.0 cm³/mol. The summed E-state index contributed by atoms with van der Waals surface area (Å²) in [5, 5.41) is 6.85. The van der Waals surface area contributed by atoms with Gasteiger partial charge in [-0.05, 0) is 31.2 Å². The molecule has 0 unspecified atom stereocenters. The van der Waals surface area contributed by atoms with E-state index in [-0.39, 0.29) is 10.6 Å². The van der Waals surface area contributed by atoms with Gasteiger partial charge in [-0.1, -0.05) is 13.8 Å². The zero-order valence-corrected chi connectivity index (χ0v) is 16.4. The van der Waals surface area contributed by atoms with E-state index in [4.69, 9.17) is 4.74 Å². The van der Waals surface area contributed by atoms with Gasteiger partial charge in [0, 0.05) is 20.1 Å². The Morgan fingerprint density at radius 2 is 1.92 bits per heavy atom. The number of rotatable bonds is 7. The van der Waals surface area contributed by atoms with Crippen LogP contribution in [0.5, 0.6) is 5.75 Å². The van der Waals surface area contributed by atoms with Crippen LogP contribution < -0.4 is 10.1 Å². The number of benzene rings is 1. The van der Waals surface area contributed by atoms with Crippen LogP contribution >= 0.6 is 0 Å². The van der Waals surface area contributed by atoms with Crippen LogP contribution in [0.3, 0.4) is 0 Å². The Labute approximate surface area is 153 Å². The normalized spacial score (nSPS) is 11.6. The minimum Gasteiger partial charge on any atom is -0.495 e. The van der Waals surface area contributed by atoms with Crippen LogP contribution in [-0.2, 0) is 17.1 Å². The summed E-state index contributed by atoms with van der Waals surface area (Å²) in [4.78, 5) is 12.6. The average molecular weight is 380 g/mol. The fraction of sp³-hybridized carbons (Fsp3) is 0.412. The largest absolute Gasteiger partial charge is 0.495 e. The van der Waals surface area contributed by atoms with Gasteiger partial charge in [0.05, 0.1) is 23.4 Å². The van der Waals surface area contributed by atoms with Crippen molar-refractivity contribution in [3.63, 3.8) is 0 Å². The van der Waals surface area contributed by atoms with Crippen molar-refractivity contribution in [2.24, 2.45) is 7.05 Å². The number of nitrogens with zero attached hydrogens (tertiary/aromatic N) is 3. The summed E-state index contributed by atoms with van der Waals surface area (Å²) in [6.07, 6.45) is 0. The third-order valence-electron chi connectivity index (χ3n) is 4.00. The summed E-state index contributed by atoms with van der Waals surface area (Å²) >= 11 is 0. The lowest BCUT2D eigenvalue weighted by Gasteiger charge is -2.19. The van der Waals surface area contributed by atoms with Crippen LogP contribution in [0.2, 0.25) is 0 Å². The molecule has 0 aliphatic rings. The smallest absolute Gasteiger partial charge is 0.274 e. The van der Waals surface area contributed by atoms with Crippen molar-refractivity contribution >= 4 is 21.6 Å². The Morgan fingerprint density at radius 1 is 1.27 bits per heavy atom. The molecule has 0 fully saturated rings. The topological polar surface area (TPSA) is 93.5 Å². The van der Waals surface area contributed by atoms with Crippen molar-refractivity contribution in [2.45, 2.75) is 25.7 Å². The van der Waals surface area contributed by atoms with Crippen molar-refractivity contribution < 1.29 is 17.9 Å². The second-order valence-corrected chi connectivity index (χ2v) is 7.64. The molecule has 1 aromatic carbocycles. The molecule has 0 aliphatic carbocycles. The van der Waals surface area contributed by atoms with Gasteiger partial charge in [0.25, 0.3) is 5.91 Å². The second-order valence-electron chi connectivity index (χ2n) is 5.70. The number of ether oxygens (including phenoxy) is 1. The molecule has 1 heterocycles. The van der Waals surface area contributed by atoms with E-state index in [1.54, 1.807) is 33.9 Å². The molecule has 26 heavy (non-hydrogen) atoms. The molecule has 9 heteroatoms. The van der Waals surface area contributed by atoms with Crippen LogP contribution in [0.4, 0.5) is 5.69 Å². The standard InChI is InChI=1S/C17H24N4O4S/c1-6-21(7-2)26(23,24)13-8-9-16(25-5)14(11-13)18-17(22)15-10-12(3)19-20(15)4/h8-11H,6-7H2,1-5H3,(H,18,22). The third kappa shape index (κ3) is 3.88. The van der Waals surface area contributed by atoms with Crippen LogP contribution in [-0.4, -0.2) is 48.6 Å². The number of aromatic nitrogens is 2. The minimum absolute atomic E-state index is 0.0958. The van der Waals surface area contributed by atoms with Gasteiger partial charge in [-0.25, -0.2) is 8.42 Å². The maximum atomic E-state index is 12.7. The Morgan fingerprint density at radius 3 is 2.42 bits per heavy atom. The number of hydrogen-bond acceptors (Lipinski definition) is 5. The number of amides is 1. The highest BCUT2D eigenvalue weighted by Gasteiger charge is 2.23. The summed E-state index contributed by atoms with van der Waals surface area (Å²) in [6.45, 7) is 6.06. The number of sulfonamides is 1. The highest BCUT2D eigenvalue weighted by Crippen LogP contribution is 2.29. The lowest BCUT2D eigenvalue weighted by molar-refractivity contribution is 0.101. The van der Waals surface area contributed by atoms with Crippen LogP contribution in [0.15, 0.2) is 29.2 Å². The van der Waals surface area contributed by atoms with E-state index in [0.717, 1.165) is 0 Å². The quantitative estimate of drug-likeness (QED) is 0.793. The van der Waals surface area contributed by atoms with E-state index in [1.165, 1.54) is 34.3 Å². The summed E-state index contributed by atoms with van der Waals surface area (Å²) in [7, 11) is -0.521. The molecular formula is C17H24N4O4S. The van der Waals surface area contributed by atoms with Crippen molar-refractivity contribution in [2.75, 3.05) is 25.5 Å². The maximum absolute atomic E-state index is 12.7. The van der Waals surface area contributed by atoms with Gasteiger partial charge in [0.1, 0.15) is 11.4 Å². The van der Waals surface area contributed by atoms with E-state index < -0.39 is 15.9 Å². The Kier molecular flexibility index (Phi) is 6.04. The van der Waals surface area contributed by atoms with Crippen molar-refractivity contribution in [3.8, 4) is 5.75 Å². The Bertz CT molecular complexity index is 901. The molecule has 142 valence electrons. The molecule has 0 radical (unpaired) electrons. The number of nitrogens with one attached hydrogen (secondary N) is 1. The number of carbonyl (C=O) groups is 1. The molecule has 2 aromatic rings. The highest BCUT2D eigenvalue weighted by molar-refractivity contribution is 7.89. The number of aryl methyl sites for hydroxylation is 2. The molecule has 8 nitrogen and oxygen atoms in total. The first-order valence-electron chi connectivity index (χ1n) is 8.24. The van der Waals surface area contributed by atoms with Gasteiger partial charge in [0.2, 0.25) is 10.0 Å². The number of methoxy groups -OCH3 is 1. The first-order chi connectivity index (χ1) is 12.2. The number of hydrogen-bond donors (Lipinski definition) is 1. The van der Waals surface area contributed by atoms with Crippen molar-refractivity contribution in [1.82, 2.24) is 14.1 Å². The zero-order chi connectivity index (χ0) is 19.5. The molecule has 0 spiro atoms. The monoisotopic (exact) mass is 380 g/mol. The SMILES string of the molecule is CCN(CC)S(=O)(=O)c1ccc(OC)c(NC(=O)c2cc(C)nn2C)c1. The first-order valence-corrected chi connectivity index (χ1v) is 9.68. The van der Waals surface area contributed by atoms with Gasteiger partial charge in [-0.3, -0.25) is 9.48 Å². The molecule has 0 saturated carbocycles. The third-order valence-corrected chi connectivity index (χ3v) is 6.04. The van der Waals surface area contributed by atoms with Gasteiger partial charge < -0.3 is 10.1 Å². The summed E-state index contributed by atoms with van der Waals surface area (Å²) in [5.41, 5.74) is 1.36. The fourth-order valence-electron chi connectivity index (χ4n) is 2.67. The summed E-state index contributed by atoms with van der Waals surface area (Å²) < 4.78 is 33.5. The predicted octanol–water partition coefficient (Wildman–Crippen LogP) is 2.02. The van der Waals surface area contributed by atoms with E-state index in [0.29, 0.717) is 30.2 Å². The molecular weight excluding hydrogens is 356 g/mol. The average Bonchev–Trinajstić information content (AvgIpc) is 2.94. The molecule has 2 rings (SSSR count). The Balaban J connectivity index is 2.42. The first kappa shape index (κ1) is 19.9. The van der Waals surface area contributed by atoms with E-state index in [9.17, 15) is 13.2 Å².